The van der Waals surface area contributed by atoms with E-state index in [1.165, 1.54) is 8.99 Å². The first-order chi connectivity index (χ1) is 13.4. The van der Waals surface area contributed by atoms with Crippen LogP contribution in [0.25, 0.3) is 6.08 Å². The van der Waals surface area contributed by atoms with E-state index in [4.69, 9.17) is 10.5 Å². The molecule has 1 amide bonds. The van der Waals surface area contributed by atoms with Crippen molar-refractivity contribution in [3.8, 4) is 5.75 Å². The fraction of sp³-hybridized carbons (Fsp3) is 0.368. The first-order valence-corrected chi connectivity index (χ1v) is 10.6. The van der Waals surface area contributed by atoms with Crippen LogP contribution in [0.5, 0.6) is 5.75 Å². The Bertz CT molecular complexity index is 1060. The van der Waals surface area contributed by atoms with Gasteiger partial charge in [-0.2, -0.15) is 9.40 Å². The van der Waals surface area contributed by atoms with E-state index in [0.29, 0.717) is 30.0 Å². The number of benzene rings is 1. The van der Waals surface area contributed by atoms with Gasteiger partial charge in [-0.3, -0.25) is 9.48 Å². The van der Waals surface area contributed by atoms with Crippen molar-refractivity contribution in [3.05, 3.63) is 52.2 Å². The Morgan fingerprint density at radius 3 is 2.89 bits per heavy atom. The number of sulfonamides is 1. The summed E-state index contributed by atoms with van der Waals surface area (Å²) in [5, 5.41) is 4.37. The molecule has 1 fully saturated rings. The number of primary amides is 1. The van der Waals surface area contributed by atoms with Gasteiger partial charge in [0, 0.05) is 37.8 Å². The smallest absolute Gasteiger partial charge is 0.252 e. The van der Waals surface area contributed by atoms with E-state index in [1.807, 2.05) is 24.3 Å². The Morgan fingerprint density at radius 2 is 2.11 bits per heavy atom. The first kappa shape index (κ1) is 18.7. The van der Waals surface area contributed by atoms with Crippen LogP contribution in [0.3, 0.4) is 0 Å². The molecule has 1 aromatic carbocycles. The Balaban J connectivity index is 1.61. The molecule has 2 aliphatic heterocycles. The van der Waals surface area contributed by atoms with E-state index in [2.05, 4.69) is 5.10 Å². The lowest BCUT2D eigenvalue weighted by Crippen LogP contribution is -2.41. The van der Waals surface area contributed by atoms with Crippen molar-refractivity contribution < 1.29 is 17.9 Å². The second kappa shape index (κ2) is 7.06. The fourth-order valence-electron chi connectivity index (χ4n) is 3.79. The highest BCUT2D eigenvalue weighted by Gasteiger charge is 2.35. The summed E-state index contributed by atoms with van der Waals surface area (Å²) in [5.74, 6) is -0.0507. The molecule has 1 atom stereocenters. The lowest BCUT2D eigenvalue weighted by molar-refractivity contribution is 0.0998. The molecule has 1 saturated heterocycles. The third kappa shape index (κ3) is 3.31. The molecule has 0 aliphatic carbocycles. The summed E-state index contributed by atoms with van der Waals surface area (Å²) >= 11 is 0. The number of nitrogens with zero attached hydrogens (tertiary/aromatic N) is 3. The second-order valence-electron chi connectivity index (χ2n) is 7.11. The first-order valence-electron chi connectivity index (χ1n) is 9.12. The molecule has 0 spiro atoms. The fourth-order valence-corrected chi connectivity index (χ4v) is 5.35. The molecule has 0 radical (unpaired) electrons. The van der Waals surface area contributed by atoms with Gasteiger partial charge < -0.3 is 10.5 Å². The number of fused-ring (bicyclic) bond motifs is 1. The predicted molar refractivity (Wildman–Crippen MR) is 104 cm³/mol. The Morgan fingerprint density at radius 1 is 1.32 bits per heavy atom. The molecule has 2 aromatic rings. The number of piperidine rings is 1. The number of nitrogens with two attached hydrogens (primary N) is 1. The van der Waals surface area contributed by atoms with E-state index in [1.54, 1.807) is 19.3 Å². The SMILES string of the molecule is Cn1cc(C(N)=O)c([C@@H]2CCCN(S(=O)(=O)C3=Cc4ccccc4OC3)C2)n1. The molecule has 148 valence electrons. The van der Waals surface area contributed by atoms with Crippen LogP contribution in [0, 0.1) is 0 Å². The normalized spacial score (nSPS) is 20.2. The van der Waals surface area contributed by atoms with Crippen molar-refractivity contribution in [1.82, 2.24) is 14.1 Å². The Hall–Kier alpha value is -2.65. The quantitative estimate of drug-likeness (QED) is 0.833. The average molecular weight is 402 g/mol. The third-order valence-corrected chi connectivity index (χ3v) is 7.08. The van der Waals surface area contributed by atoms with E-state index < -0.39 is 15.9 Å². The molecule has 9 heteroatoms. The van der Waals surface area contributed by atoms with Crippen LogP contribution < -0.4 is 10.5 Å². The maximum absolute atomic E-state index is 13.2. The van der Waals surface area contributed by atoms with Gasteiger partial charge in [0.2, 0.25) is 10.0 Å². The number of rotatable bonds is 4. The zero-order valence-electron chi connectivity index (χ0n) is 15.5. The van der Waals surface area contributed by atoms with Crippen molar-refractivity contribution in [1.29, 1.82) is 0 Å². The number of hydrogen-bond acceptors (Lipinski definition) is 5. The highest BCUT2D eigenvalue weighted by Crippen LogP contribution is 2.33. The molecular weight excluding hydrogens is 380 g/mol. The Labute approximate surface area is 163 Å². The molecule has 3 heterocycles. The van der Waals surface area contributed by atoms with Crippen LogP contribution >= 0.6 is 0 Å². The van der Waals surface area contributed by atoms with Gasteiger partial charge in [0.1, 0.15) is 12.4 Å². The number of hydrogen-bond donors (Lipinski definition) is 1. The summed E-state index contributed by atoms with van der Waals surface area (Å²) in [6.45, 7) is 0.700. The van der Waals surface area contributed by atoms with Crippen molar-refractivity contribution in [3.63, 3.8) is 0 Å². The number of aromatic nitrogens is 2. The summed E-state index contributed by atoms with van der Waals surface area (Å²) < 4.78 is 35.1. The van der Waals surface area contributed by atoms with Gasteiger partial charge in [0.15, 0.2) is 0 Å². The van der Waals surface area contributed by atoms with Crippen LogP contribution in [0.15, 0.2) is 35.4 Å². The topological polar surface area (TPSA) is 108 Å². The minimum atomic E-state index is -3.68. The van der Waals surface area contributed by atoms with Crippen molar-refractivity contribution in [2.45, 2.75) is 18.8 Å². The summed E-state index contributed by atoms with van der Waals surface area (Å²) in [7, 11) is -1.96. The lowest BCUT2D eigenvalue weighted by atomic mass is 9.93. The van der Waals surface area contributed by atoms with Gasteiger partial charge >= 0.3 is 0 Å². The molecule has 4 rings (SSSR count). The molecule has 1 aromatic heterocycles. The lowest BCUT2D eigenvalue weighted by Gasteiger charge is -2.32. The predicted octanol–water partition coefficient (Wildman–Crippen LogP) is 1.46. The van der Waals surface area contributed by atoms with Crippen LogP contribution in [-0.2, 0) is 17.1 Å². The molecule has 8 nitrogen and oxygen atoms in total. The van der Waals surface area contributed by atoms with Gasteiger partial charge in [-0.25, -0.2) is 8.42 Å². The zero-order valence-corrected chi connectivity index (χ0v) is 16.4. The number of amides is 1. The van der Waals surface area contributed by atoms with Gasteiger partial charge in [0.05, 0.1) is 16.2 Å². The van der Waals surface area contributed by atoms with Crippen LogP contribution in [0.2, 0.25) is 0 Å². The van der Waals surface area contributed by atoms with Crippen LogP contribution in [-0.4, -0.2) is 48.1 Å². The van der Waals surface area contributed by atoms with Crippen molar-refractivity contribution >= 4 is 22.0 Å². The van der Waals surface area contributed by atoms with E-state index in [0.717, 1.165) is 12.0 Å². The maximum Gasteiger partial charge on any atom is 0.252 e. The zero-order chi connectivity index (χ0) is 19.9. The molecule has 0 unspecified atom stereocenters. The van der Waals surface area contributed by atoms with Crippen molar-refractivity contribution in [2.24, 2.45) is 12.8 Å². The molecule has 2 N–H and O–H groups in total. The minimum absolute atomic E-state index is 0.0106. The van der Waals surface area contributed by atoms with Crippen molar-refractivity contribution in [2.75, 3.05) is 19.7 Å². The highest BCUT2D eigenvalue weighted by atomic mass is 32.2. The summed E-state index contributed by atoms with van der Waals surface area (Å²) in [5.41, 5.74) is 7.13. The van der Waals surface area contributed by atoms with E-state index in [-0.39, 0.29) is 24.0 Å². The molecule has 0 bridgehead atoms. The number of carbonyl (C=O) groups excluding carboxylic acids is 1. The molecule has 0 saturated carbocycles. The third-order valence-electron chi connectivity index (χ3n) is 5.17. The van der Waals surface area contributed by atoms with E-state index >= 15 is 0 Å². The summed E-state index contributed by atoms with van der Waals surface area (Å²) in [6.07, 6.45) is 4.69. The summed E-state index contributed by atoms with van der Waals surface area (Å²) in [6, 6.07) is 7.34. The second-order valence-corrected chi connectivity index (χ2v) is 9.10. The number of ether oxygens (including phenoxy) is 1. The number of aryl methyl sites for hydroxylation is 1. The maximum atomic E-state index is 13.2. The summed E-state index contributed by atoms with van der Waals surface area (Å²) in [4.78, 5) is 12.0. The molecular formula is C19H22N4O4S. The Kier molecular flexibility index (Phi) is 4.72. The van der Waals surface area contributed by atoms with Gasteiger partial charge in [0.25, 0.3) is 5.91 Å². The van der Waals surface area contributed by atoms with Gasteiger partial charge in [-0.15, -0.1) is 0 Å². The van der Waals surface area contributed by atoms with Gasteiger partial charge in [-0.05, 0) is 25.0 Å². The average Bonchev–Trinajstić information content (AvgIpc) is 3.10. The van der Waals surface area contributed by atoms with Crippen LogP contribution in [0.1, 0.15) is 40.4 Å². The largest absolute Gasteiger partial charge is 0.487 e. The van der Waals surface area contributed by atoms with Gasteiger partial charge in [-0.1, -0.05) is 18.2 Å². The number of carbonyl (C=O) groups is 1. The minimum Gasteiger partial charge on any atom is -0.487 e. The molecule has 28 heavy (non-hydrogen) atoms. The van der Waals surface area contributed by atoms with E-state index in [9.17, 15) is 13.2 Å². The highest BCUT2D eigenvalue weighted by molar-refractivity contribution is 7.93. The number of para-hydroxylation sites is 1. The standard InChI is InChI=1S/C19H22N4O4S/c1-22-11-16(19(20)24)18(21-22)14-6-4-8-23(10-14)28(25,26)15-9-13-5-2-3-7-17(13)27-12-15/h2-3,5,7,9,11,14H,4,6,8,10,12H2,1H3,(H2,20,24)/t14-/m1/s1. The van der Waals surface area contributed by atoms with Crippen LogP contribution in [0.4, 0.5) is 0 Å². The monoisotopic (exact) mass is 402 g/mol. The molecule has 2 aliphatic rings.